The van der Waals surface area contributed by atoms with Crippen LogP contribution >= 0.6 is 0 Å². The number of hydrogen-bond donors (Lipinski definition) is 1. The Morgan fingerprint density at radius 2 is 2.13 bits per heavy atom. The predicted molar refractivity (Wildman–Crippen MR) is 61.5 cm³/mol. The number of rotatable bonds is 2. The molecule has 0 bridgehead atoms. The van der Waals surface area contributed by atoms with E-state index in [1.165, 1.54) is 16.5 Å². The summed E-state index contributed by atoms with van der Waals surface area (Å²) in [6, 6.07) is 2.07. The second kappa shape index (κ2) is 3.57. The van der Waals surface area contributed by atoms with Crippen molar-refractivity contribution < 1.29 is 4.74 Å². The van der Waals surface area contributed by atoms with Crippen LogP contribution in [0.1, 0.15) is 30.9 Å². The van der Waals surface area contributed by atoms with E-state index in [0.717, 1.165) is 11.3 Å². The van der Waals surface area contributed by atoms with Gasteiger partial charge >= 0.3 is 0 Å². The molecule has 15 heavy (non-hydrogen) atoms. The van der Waals surface area contributed by atoms with Gasteiger partial charge in [-0.1, -0.05) is 13.8 Å². The summed E-state index contributed by atoms with van der Waals surface area (Å²) < 4.78 is 5.42. The van der Waals surface area contributed by atoms with Gasteiger partial charge in [0.1, 0.15) is 5.75 Å². The normalized spacial score (nSPS) is 11.3. The molecular formula is C12H16N2O. The third-order valence-electron chi connectivity index (χ3n) is 2.73. The van der Waals surface area contributed by atoms with Crippen LogP contribution in [0.2, 0.25) is 0 Å². The summed E-state index contributed by atoms with van der Waals surface area (Å²) in [4.78, 5) is 0. The van der Waals surface area contributed by atoms with Gasteiger partial charge in [-0.05, 0) is 24.5 Å². The van der Waals surface area contributed by atoms with E-state index in [4.69, 9.17) is 4.74 Å². The van der Waals surface area contributed by atoms with E-state index in [1.54, 1.807) is 7.11 Å². The Balaban J connectivity index is 2.83. The second-order valence-electron chi connectivity index (χ2n) is 4.12. The van der Waals surface area contributed by atoms with Gasteiger partial charge in [-0.3, -0.25) is 5.10 Å². The van der Waals surface area contributed by atoms with Crippen LogP contribution in [-0.4, -0.2) is 17.3 Å². The van der Waals surface area contributed by atoms with Gasteiger partial charge in [-0.15, -0.1) is 0 Å². The van der Waals surface area contributed by atoms with Gasteiger partial charge in [-0.2, -0.15) is 5.10 Å². The summed E-state index contributed by atoms with van der Waals surface area (Å²) in [7, 11) is 1.71. The van der Waals surface area contributed by atoms with Crippen LogP contribution < -0.4 is 4.74 Å². The third kappa shape index (κ3) is 1.48. The number of H-pyrrole nitrogens is 1. The Hall–Kier alpha value is -1.51. The number of aryl methyl sites for hydroxylation is 1. The maximum atomic E-state index is 5.42. The molecule has 80 valence electrons. The molecule has 0 radical (unpaired) electrons. The smallest absolute Gasteiger partial charge is 0.123 e. The molecule has 0 atom stereocenters. The fourth-order valence-electron chi connectivity index (χ4n) is 2.03. The first-order chi connectivity index (χ1) is 7.15. The zero-order valence-corrected chi connectivity index (χ0v) is 9.59. The maximum absolute atomic E-state index is 5.42. The molecule has 0 aliphatic rings. The van der Waals surface area contributed by atoms with E-state index in [2.05, 4.69) is 37.0 Å². The molecule has 0 fully saturated rings. The Kier molecular flexibility index (Phi) is 2.39. The molecule has 1 aromatic heterocycles. The Bertz CT molecular complexity index is 486. The second-order valence-corrected chi connectivity index (χ2v) is 4.12. The number of fused-ring (bicyclic) bond motifs is 1. The first-order valence-corrected chi connectivity index (χ1v) is 5.15. The minimum absolute atomic E-state index is 0.431. The van der Waals surface area contributed by atoms with Gasteiger partial charge < -0.3 is 4.74 Å². The summed E-state index contributed by atoms with van der Waals surface area (Å²) >= 11 is 0. The highest BCUT2D eigenvalue weighted by Crippen LogP contribution is 2.34. The summed E-state index contributed by atoms with van der Waals surface area (Å²) in [5.41, 5.74) is 3.51. The van der Waals surface area contributed by atoms with Crippen molar-refractivity contribution in [2.45, 2.75) is 26.7 Å². The zero-order valence-electron chi connectivity index (χ0n) is 9.59. The average molecular weight is 204 g/mol. The lowest BCUT2D eigenvalue weighted by Gasteiger charge is -2.14. The van der Waals surface area contributed by atoms with E-state index in [0.29, 0.717) is 5.92 Å². The quantitative estimate of drug-likeness (QED) is 0.816. The minimum atomic E-state index is 0.431. The number of nitrogens with zero attached hydrogens (tertiary/aromatic N) is 1. The van der Waals surface area contributed by atoms with Crippen molar-refractivity contribution in [1.29, 1.82) is 0 Å². The monoisotopic (exact) mass is 204 g/mol. The molecule has 2 rings (SSSR count). The lowest BCUT2D eigenvalue weighted by Crippen LogP contribution is -1.96. The molecule has 0 aliphatic carbocycles. The van der Waals surface area contributed by atoms with E-state index < -0.39 is 0 Å². The zero-order chi connectivity index (χ0) is 11.0. The Morgan fingerprint density at radius 3 is 2.73 bits per heavy atom. The Labute approximate surface area is 89.4 Å². The molecule has 1 aromatic carbocycles. The molecule has 0 unspecified atom stereocenters. The molecule has 0 aliphatic heterocycles. The van der Waals surface area contributed by atoms with Crippen LogP contribution in [0.5, 0.6) is 5.75 Å². The van der Waals surface area contributed by atoms with E-state index in [-0.39, 0.29) is 0 Å². The third-order valence-corrected chi connectivity index (χ3v) is 2.73. The van der Waals surface area contributed by atoms with E-state index in [1.807, 2.05) is 6.20 Å². The lowest BCUT2D eigenvalue weighted by atomic mass is 9.96. The van der Waals surface area contributed by atoms with Gasteiger partial charge in [0.2, 0.25) is 0 Å². The highest BCUT2D eigenvalue weighted by Gasteiger charge is 2.14. The molecule has 1 N–H and O–H groups in total. The van der Waals surface area contributed by atoms with Crippen molar-refractivity contribution in [2.75, 3.05) is 7.11 Å². The van der Waals surface area contributed by atoms with Crippen molar-refractivity contribution in [3.63, 3.8) is 0 Å². The Morgan fingerprint density at radius 1 is 1.40 bits per heavy atom. The van der Waals surface area contributed by atoms with Gasteiger partial charge in [-0.25, -0.2) is 0 Å². The first-order valence-electron chi connectivity index (χ1n) is 5.15. The molecule has 0 saturated carbocycles. The van der Waals surface area contributed by atoms with Gasteiger partial charge in [0.15, 0.2) is 0 Å². The van der Waals surface area contributed by atoms with Crippen molar-refractivity contribution in [1.82, 2.24) is 10.2 Å². The standard InChI is InChI=1S/C12H16N2O/c1-7(2)11-9-6-13-14-12(9)8(3)5-10(11)15-4/h5-7H,1-4H3,(H,13,14). The molecule has 3 heteroatoms. The number of benzene rings is 1. The van der Waals surface area contributed by atoms with E-state index >= 15 is 0 Å². The van der Waals surface area contributed by atoms with Crippen LogP contribution in [0.4, 0.5) is 0 Å². The number of nitrogens with one attached hydrogen (secondary N) is 1. The molecule has 0 saturated heterocycles. The molecule has 3 nitrogen and oxygen atoms in total. The van der Waals surface area contributed by atoms with Gasteiger partial charge in [0, 0.05) is 10.9 Å². The highest BCUT2D eigenvalue weighted by molar-refractivity contribution is 5.87. The van der Waals surface area contributed by atoms with Crippen LogP contribution in [0.3, 0.4) is 0 Å². The number of aromatic nitrogens is 2. The number of methoxy groups -OCH3 is 1. The summed E-state index contributed by atoms with van der Waals surface area (Å²) in [5, 5.41) is 8.30. The molecule has 0 spiro atoms. The van der Waals surface area contributed by atoms with Crippen LogP contribution in [-0.2, 0) is 0 Å². The van der Waals surface area contributed by atoms with Crippen LogP contribution in [0, 0.1) is 6.92 Å². The maximum Gasteiger partial charge on any atom is 0.123 e. The molecular weight excluding hydrogens is 188 g/mol. The van der Waals surface area contributed by atoms with Gasteiger partial charge in [0.05, 0.1) is 18.8 Å². The lowest BCUT2D eigenvalue weighted by molar-refractivity contribution is 0.408. The molecule has 0 amide bonds. The van der Waals surface area contributed by atoms with Crippen LogP contribution in [0.25, 0.3) is 10.9 Å². The predicted octanol–water partition coefficient (Wildman–Crippen LogP) is 3.00. The van der Waals surface area contributed by atoms with Crippen LogP contribution in [0.15, 0.2) is 12.3 Å². The number of ether oxygens (including phenoxy) is 1. The van der Waals surface area contributed by atoms with Gasteiger partial charge in [0.25, 0.3) is 0 Å². The fraction of sp³-hybridized carbons (Fsp3) is 0.417. The van der Waals surface area contributed by atoms with Crippen molar-refractivity contribution >= 4 is 10.9 Å². The minimum Gasteiger partial charge on any atom is -0.496 e. The average Bonchev–Trinajstić information content (AvgIpc) is 2.65. The molecule has 1 heterocycles. The fourth-order valence-corrected chi connectivity index (χ4v) is 2.03. The topological polar surface area (TPSA) is 37.9 Å². The highest BCUT2D eigenvalue weighted by atomic mass is 16.5. The van der Waals surface area contributed by atoms with Crippen molar-refractivity contribution in [3.8, 4) is 5.75 Å². The van der Waals surface area contributed by atoms with E-state index in [9.17, 15) is 0 Å². The molecule has 2 aromatic rings. The van der Waals surface area contributed by atoms with Crippen molar-refractivity contribution in [2.24, 2.45) is 0 Å². The van der Waals surface area contributed by atoms with Crippen molar-refractivity contribution in [3.05, 3.63) is 23.4 Å². The largest absolute Gasteiger partial charge is 0.496 e. The summed E-state index contributed by atoms with van der Waals surface area (Å²) in [6.45, 7) is 6.40. The number of hydrogen-bond acceptors (Lipinski definition) is 2. The number of aromatic amines is 1. The summed E-state index contributed by atoms with van der Waals surface area (Å²) in [6.07, 6.45) is 1.88. The summed E-state index contributed by atoms with van der Waals surface area (Å²) in [5.74, 6) is 1.39. The first kappa shape index (κ1) is 10.0. The SMILES string of the molecule is COc1cc(C)c2[nH]ncc2c1C(C)C.